The van der Waals surface area contributed by atoms with E-state index in [1.54, 1.807) is 12.1 Å². The third-order valence-electron chi connectivity index (χ3n) is 5.33. The van der Waals surface area contributed by atoms with Crippen LogP contribution in [-0.4, -0.2) is 41.4 Å². The Morgan fingerprint density at radius 3 is 2.48 bits per heavy atom. The van der Waals surface area contributed by atoms with Gasteiger partial charge in [0.25, 0.3) is 11.8 Å². The first-order valence-corrected chi connectivity index (χ1v) is 9.35. The number of hydrogen-bond acceptors (Lipinski definition) is 6. The van der Waals surface area contributed by atoms with Crippen molar-refractivity contribution in [1.82, 2.24) is 5.01 Å². The molecule has 0 aliphatic carbocycles. The van der Waals surface area contributed by atoms with Crippen molar-refractivity contribution in [2.24, 2.45) is 10.3 Å². The van der Waals surface area contributed by atoms with E-state index in [-0.39, 0.29) is 12.5 Å². The van der Waals surface area contributed by atoms with E-state index < -0.39 is 23.9 Å². The molecule has 0 aromatic heterocycles. The topological polar surface area (TPSA) is 94.4 Å². The Morgan fingerprint density at radius 1 is 1.03 bits per heavy atom. The molecule has 148 valence electrons. The highest BCUT2D eigenvalue weighted by Gasteiger charge is 2.55. The highest BCUT2D eigenvalue weighted by atomic mass is 16.2. The lowest BCUT2D eigenvalue weighted by Crippen LogP contribution is -2.43. The molecule has 2 heterocycles. The van der Waals surface area contributed by atoms with Crippen molar-refractivity contribution in [3.05, 3.63) is 59.2 Å². The molecule has 2 aliphatic heterocycles. The second kappa shape index (κ2) is 7.12. The lowest BCUT2D eigenvalue weighted by molar-refractivity contribution is -0.123. The minimum Gasteiger partial charge on any atom is -0.324 e. The van der Waals surface area contributed by atoms with Crippen LogP contribution in [0.15, 0.2) is 52.8 Å². The Balaban J connectivity index is 1.49. The monoisotopic (exact) mass is 391 g/mol. The highest BCUT2D eigenvalue weighted by molar-refractivity contribution is 6.25. The predicted molar refractivity (Wildman–Crippen MR) is 107 cm³/mol. The van der Waals surface area contributed by atoms with Crippen molar-refractivity contribution in [2.75, 3.05) is 16.8 Å². The summed E-state index contributed by atoms with van der Waals surface area (Å²) < 4.78 is 0. The van der Waals surface area contributed by atoms with Crippen LogP contribution in [0.25, 0.3) is 0 Å². The van der Waals surface area contributed by atoms with Gasteiger partial charge in [0.15, 0.2) is 12.1 Å². The highest BCUT2D eigenvalue weighted by Crippen LogP contribution is 2.32. The van der Waals surface area contributed by atoms with Gasteiger partial charge in [0.1, 0.15) is 6.54 Å². The molecular formula is C21H21N5O3. The lowest BCUT2D eigenvalue weighted by Gasteiger charge is -2.20. The van der Waals surface area contributed by atoms with Crippen LogP contribution in [0.4, 0.5) is 11.4 Å². The maximum atomic E-state index is 12.9. The van der Waals surface area contributed by atoms with E-state index in [9.17, 15) is 14.4 Å². The number of fused-ring (bicyclic) bond motifs is 1. The van der Waals surface area contributed by atoms with Crippen LogP contribution in [0.1, 0.15) is 16.7 Å². The van der Waals surface area contributed by atoms with Crippen LogP contribution in [0.3, 0.4) is 0 Å². The molecule has 2 aromatic rings. The molecule has 0 bridgehead atoms. The van der Waals surface area contributed by atoms with E-state index >= 15 is 0 Å². The minimum atomic E-state index is -0.919. The van der Waals surface area contributed by atoms with E-state index in [1.165, 1.54) is 5.01 Å². The van der Waals surface area contributed by atoms with Gasteiger partial charge in [-0.2, -0.15) is 5.11 Å². The van der Waals surface area contributed by atoms with E-state index in [0.29, 0.717) is 11.4 Å². The van der Waals surface area contributed by atoms with Crippen LogP contribution < -0.4 is 10.2 Å². The summed E-state index contributed by atoms with van der Waals surface area (Å²) in [7, 11) is 0. The van der Waals surface area contributed by atoms with Crippen molar-refractivity contribution >= 4 is 29.1 Å². The minimum absolute atomic E-state index is 0.168. The van der Waals surface area contributed by atoms with E-state index in [4.69, 9.17) is 0 Å². The number of nitrogens with zero attached hydrogens (tertiary/aromatic N) is 4. The van der Waals surface area contributed by atoms with E-state index in [2.05, 4.69) is 15.7 Å². The Kier molecular flexibility index (Phi) is 4.62. The average molecular weight is 391 g/mol. The summed E-state index contributed by atoms with van der Waals surface area (Å²) in [4.78, 5) is 39.3. The Morgan fingerprint density at radius 2 is 1.76 bits per heavy atom. The van der Waals surface area contributed by atoms with Gasteiger partial charge in [-0.15, -0.1) is 0 Å². The summed E-state index contributed by atoms with van der Waals surface area (Å²) in [6.07, 6.45) is 0. The molecule has 2 aromatic carbocycles. The molecule has 0 saturated carbocycles. The second-order valence-electron chi connectivity index (χ2n) is 7.34. The second-order valence-corrected chi connectivity index (χ2v) is 7.34. The average Bonchev–Trinajstić information content (AvgIpc) is 3.20. The number of amides is 3. The largest absolute Gasteiger partial charge is 0.324 e. The number of hydrogen-bond donors (Lipinski definition) is 1. The van der Waals surface area contributed by atoms with Crippen LogP contribution >= 0.6 is 0 Å². The maximum Gasteiger partial charge on any atom is 0.263 e. The van der Waals surface area contributed by atoms with Gasteiger partial charge < -0.3 is 5.32 Å². The van der Waals surface area contributed by atoms with Crippen LogP contribution in [0, 0.1) is 20.8 Å². The fourth-order valence-electron chi connectivity index (χ4n) is 3.53. The zero-order chi connectivity index (χ0) is 20.7. The van der Waals surface area contributed by atoms with Gasteiger partial charge in [-0.1, -0.05) is 35.1 Å². The van der Waals surface area contributed by atoms with E-state index in [1.807, 2.05) is 51.1 Å². The molecule has 4 rings (SSSR count). The zero-order valence-corrected chi connectivity index (χ0v) is 16.4. The Labute approximate surface area is 168 Å². The molecule has 1 fully saturated rings. The van der Waals surface area contributed by atoms with Crippen LogP contribution in [-0.2, 0) is 14.4 Å². The molecule has 1 N–H and O–H groups in total. The molecule has 8 heteroatoms. The first-order chi connectivity index (χ1) is 13.9. The molecule has 0 spiro atoms. The van der Waals surface area contributed by atoms with Gasteiger partial charge in [0, 0.05) is 5.69 Å². The fraction of sp³-hybridized carbons (Fsp3) is 0.286. The molecule has 8 nitrogen and oxygen atoms in total. The van der Waals surface area contributed by atoms with Gasteiger partial charge in [-0.25, -0.2) is 4.90 Å². The molecule has 2 aliphatic rings. The molecule has 3 amide bonds. The Hall–Kier alpha value is -3.55. The van der Waals surface area contributed by atoms with Crippen molar-refractivity contribution in [1.29, 1.82) is 0 Å². The third-order valence-corrected chi connectivity index (χ3v) is 5.33. The standard InChI is InChI=1S/C21H21N5O3/c1-12-7-9-15(10-8-12)26-20(28)18-19(21(26)29)25(24-23-18)11-17(27)22-16-6-4-5-13(2)14(16)3/h4-10,18-19H,11H2,1-3H3,(H,22,27)/t18-,19+/m0/s1. The third kappa shape index (κ3) is 3.26. The maximum absolute atomic E-state index is 12.9. The smallest absolute Gasteiger partial charge is 0.263 e. The number of carbonyl (C=O) groups is 3. The van der Waals surface area contributed by atoms with Crippen molar-refractivity contribution < 1.29 is 14.4 Å². The Bertz CT molecular complexity index is 1030. The van der Waals surface area contributed by atoms with Crippen molar-refractivity contribution in [3.8, 4) is 0 Å². The quantitative estimate of drug-likeness (QED) is 0.811. The lowest BCUT2D eigenvalue weighted by atomic mass is 10.1. The SMILES string of the molecule is Cc1ccc(N2C(=O)[C@H]3N=NN(CC(=O)Nc4cccc(C)c4C)[C@H]3C2=O)cc1. The van der Waals surface area contributed by atoms with Crippen molar-refractivity contribution in [2.45, 2.75) is 32.9 Å². The molecule has 0 radical (unpaired) electrons. The number of benzene rings is 2. The van der Waals surface area contributed by atoms with E-state index in [0.717, 1.165) is 21.6 Å². The first kappa shape index (κ1) is 18.8. The normalized spacial score (nSPS) is 20.4. The number of rotatable bonds is 4. The van der Waals surface area contributed by atoms with Gasteiger partial charge in [0.2, 0.25) is 5.91 Å². The number of nitrogens with one attached hydrogen (secondary N) is 1. The number of aryl methyl sites for hydroxylation is 2. The molecule has 0 unspecified atom stereocenters. The molecular weight excluding hydrogens is 370 g/mol. The van der Waals surface area contributed by atoms with Gasteiger partial charge >= 0.3 is 0 Å². The first-order valence-electron chi connectivity index (χ1n) is 9.35. The number of imide groups is 1. The van der Waals surface area contributed by atoms with Gasteiger partial charge in [-0.05, 0) is 50.1 Å². The summed E-state index contributed by atoms with van der Waals surface area (Å²) in [5, 5.41) is 12.0. The fourth-order valence-corrected chi connectivity index (χ4v) is 3.53. The number of anilines is 2. The van der Waals surface area contributed by atoms with Crippen LogP contribution in [0.2, 0.25) is 0 Å². The summed E-state index contributed by atoms with van der Waals surface area (Å²) in [5.74, 6) is -1.18. The summed E-state index contributed by atoms with van der Waals surface area (Å²) in [5.41, 5.74) is 4.26. The molecule has 2 atom stereocenters. The summed E-state index contributed by atoms with van der Waals surface area (Å²) in [6.45, 7) is 5.65. The van der Waals surface area contributed by atoms with Crippen molar-refractivity contribution in [3.63, 3.8) is 0 Å². The van der Waals surface area contributed by atoms with Gasteiger partial charge in [0.05, 0.1) is 5.69 Å². The molecule has 1 saturated heterocycles. The molecule has 29 heavy (non-hydrogen) atoms. The summed E-state index contributed by atoms with van der Waals surface area (Å²) in [6, 6.07) is 10.9. The van der Waals surface area contributed by atoms with Gasteiger partial charge in [-0.3, -0.25) is 19.4 Å². The predicted octanol–water partition coefficient (Wildman–Crippen LogP) is 2.54. The zero-order valence-electron chi connectivity index (χ0n) is 16.4. The number of carbonyl (C=O) groups excluding carboxylic acids is 3. The summed E-state index contributed by atoms with van der Waals surface area (Å²) >= 11 is 0. The van der Waals surface area contributed by atoms with Crippen LogP contribution in [0.5, 0.6) is 0 Å².